The maximum atomic E-state index is 13.5. The second-order valence-corrected chi connectivity index (χ2v) is 8.13. The Morgan fingerprint density at radius 1 is 1.10 bits per heavy atom. The summed E-state index contributed by atoms with van der Waals surface area (Å²) in [5.74, 6) is 0.417. The summed E-state index contributed by atoms with van der Waals surface area (Å²) in [5.41, 5.74) is 3.78. The van der Waals surface area contributed by atoms with Crippen molar-refractivity contribution in [3.63, 3.8) is 0 Å². The molecule has 0 aliphatic carbocycles. The summed E-state index contributed by atoms with van der Waals surface area (Å²) in [7, 11) is 0. The van der Waals surface area contributed by atoms with E-state index in [4.69, 9.17) is 0 Å². The van der Waals surface area contributed by atoms with Gasteiger partial charge in [-0.1, -0.05) is 24.3 Å². The van der Waals surface area contributed by atoms with Crippen molar-refractivity contribution in [3.8, 4) is 11.1 Å². The maximum Gasteiger partial charge on any atom is 0.258 e. The number of piperidine rings is 1. The van der Waals surface area contributed by atoms with Gasteiger partial charge in [0.25, 0.3) is 5.56 Å². The zero-order valence-corrected chi connectivity index (χ0v) is 17.1. The molecule has 4 aromatic rings. The number of aromatic nitrogens is 3. The third-order valence-corrected chi connectivity index (χ3v) is 5.91. The first kappa shape index (κ1) is 19.6. The van der Waals surface area contributed by atoms with E-state index >= 15 is 0 Å². The molecule has 1 unspecified atom stereocenters. The normalized spacial score (nSPS) is 17.1. The predicted octanol–water partition coefficient (Wildman–Crippen LogP) is 4.50. The minimum Gasteiger partial charge on any atom is -0.310 e. The molecule has 2 aromatic heterocycles. The fourth-order valence-corrected chi connectivity index (χ4v) is 4.39. The maximum absolute atomic E-state index is 13.5. The highest BCUT2D eigenvalue weighted by molar-refractivity contribution is 5.77. The van der Waals surface area contributed by atoms with Crippen molar-refractivity contribution in [1.29, 1.82) is 0 Å². The van der Waals surface area contributed by atoms with Crippen LogP contribution >= 0.6 is 0 Å². The SMILES string of the molecule is O=c1[nH]c(C2CCCN(Cc3cccc(-c4cccnc4)c3)C2)nc2ccc(F)cc12. The van der Waals surface area contributed by atoms with Crippen LogP contribution in [0.2, 0.25) is 0 Å². The largest absolute Gasteiger partial charge is 0.310 e. The van der Waals surface area contributed by atoms with Gasteiger partial charge >= 0.3 is 0 Å². The Morgan fingerprint density at radius 3 is 2.87 bits per heavy atom. The Balaban J connectivity index is 1.35. The summed E-state index contributed by atoms with van der Waals surface area (Å²) in [6, 6.07) is 16.7. The van der Waals surface area contributed by atoms with Gasteiger partial charge in [-0.3, -0.25) is 14.7 Å². The lowest BCUT2D eigenvalue weighted by atomic mass is 9.96. The van der Waals surface area contributed by atoms with Crippen LogP contribution in [0.25, 0.3) is 22.0 Å². The van der Waals surface area contributed by atoms with Crippen molar-refractivity contribution in [2.75, 3.05) is 13.1 Å². The minimum absolute atomic E-state index is 0.150. The van der Waals surface area contributed by atoms with Crippen LogP contribution in [0.15, 0.2) is 71.8 Å². The van der Waals surface area contributed by atoms with Gasteiger partial charge in [0.1, 0.15) is 11.6 Å². The van der Waals surface area contributed by atoms with E-state index in [1.165, 1.54) is 17.7 Å². The van der Waals surface area contributed by atoms with E-state index in [0.717, 1.165) is 43.6 Å². The topological polar surface area (TPSA) is 61.9 Å². The number of pyridine rings is 1. The van der Waals surface area contributed by atoms with Gasteiger partial charge in [0.2, 0.25) is 0 Å². The standard InChI is InChI=1S/C25H23FN4O/c26-21-8-9-23-22(13-21)25(31)29-24(28-23)20-7-3-11-30(16-20)15-17-4-1-5-18(12-17)19-6-2-10-27-14-19/h1-2,4-6,8-10,12-14,20H,3,7,11,15-16H2,(H,28,29,31). The predicted molar refractivity (Wildman–Crippen MR) is 119 cm³/mol. The van der Waals surface area contributed by atoms with Crippen molar-refractivity contribution in [1.82, 2.24) is 19.9 Å². The van der Waals surface area contributed by atoms with Gasteiger partial charge < -0.3 is 4.98 Å². The summed E-state index contributed by atoms with van der Waals surface area (Å²) < 4.78 is 13.5. The number of nitrogens with zero attached hydrogens (tertiary/aromatic N) is 3. The molecule has 0 amide bonds. The highest BCUT2D eigenvalue weighted by Gasteiger charge is 2.24. The van der Waals surface area contributed by atoms with Crippen LogP contribution in [0.5, 0.6) is 0 Å². The van der Waals surface area contributed by atoms with E-state index in [2.05, 4.69) is 50.2 Å². The van der Waals surface area contributed by atoms with Gasteiger partial charge in [0.05, 0.1) is 10.9 Å². The molecule has 0 radical (unpaired) electrons. The molecular weight excluding hydrogens is 391 g/mol. The molecule has 5 rings (SSSR count). The Kier molecular flexibility index (Phi) is 5.30. The molecule has 2 aromatic carbocycles. The van der Waals surface area contributed by atoms with Gasteiger partial charge in [0, 0.05) is 31.4 Å². The summed E-state index contributed by atoms with van der Waals surface area (Å²) in [5, 5.41) is 0.295. The van der Waals surface area contributed by atoms with Crippen molar-refractivity contribution in [2.24, 2.45) is 0 Å². The van der Waals surface area contributed by atoms with E-state index in [1.54, 1.807) is 12.3 Å². The molecule has 1 aliphatic heterocycles. The number of fused-ring (bicyclic) bond motifs is 1. The van der Waals surface area contributed by atoms with Gasteiger partial charge in [-0.2, -0.15) is 0 Å². The van der Waals surface area contributed by atoms with Crippen LogP contribution in [0.4, 0.5) is 4.39 Å². The minimum atomic E-state index is -0.426. The summed E-state index contributed by atoms with van der Waals surface area (Å²) in [6.45, 7) is 2.68. The van der Waals surface area contributed by atoms with E-state index < -0.39 is 5.82 Å². The molecule has 6 heteroatoms. The van der Waals surface area contributed by atoms with Crippen LogP contribution < -0.4 is 5.56 Å². The molecule has 1 atom stereocenters. The van der Waals surface area contributed by atoms with Gasteiger partial charge in [0.15, 0.2) is 0 Å². The molecule has 1 saturated heterocycles. The lowest BCUT2D eigenvalue weighted by molar-refractivity contribution is 0.196. The number of hydrogen-bond acceptors (Lipinski definition) is 4. The van der Waals surface area contributed by atoms with E-state index in [1.807, 2.05) is 12.3 Å². The molecule has 0 saturated carbocycles. The van der Waals surface area contributed by atoms with Crippen LogP contribution in [0.3, 0.4) is 0 Å². The fraction of sp³-hybridized carbons (Fsp3) is 0.240. The molecule has 1 fully saturated rings. The Bertz CT molecular complexity index is 1270. The zero-order chi connectivity index (χ0) is 21.2. The third-order valence-electron chi connectivity index (χ3n) is 5.91. The Morgan fingerprint density at radius 2 is 2.00 bits per heavy atom. The molecular formula is C25H23FN4O. The number of nitrogens with one attached hydrogen (secondary N) is 1. The molecule has 5 nitrogen and oxygen atoms in total. The number of H-pyrrole nitrogens is 1. The van der Waals surface area contributed by atoms with Gasteiger partial charge in [-0.15, -0.1) is 0 Å². The lowest BCUT2D eigenvalue weighted by Crippen LogP contribution is -2.35. The molecule has 1 N–H and O–H groups in total. The molecule has 31 heavy (non-hydrogen) atoms. The van der Waals surface area contributed by atoms with Crippen molar-refractivity contribution >= 4 is 10.9 Å². The van der Waals surface area contributed by atoms with Gasteiger partial charge in [-0.25, -0.2) is 9.37 Å². The van der Waals surface area contributed by atoms with Crippen LogP contribution in [0, 0.1) is 5.82 Å². The summed E-state index contributed by atoms with van der Waals surface area (Å²) >= 11 is 0. The molecule has 0 spiro atoms. The van der Waals surface area contributed by atoms with Crippen molar-refractivity contribution in [3.05, 3.63) is 94.5 Å². The summed E-state index contributed by atoms with van der Waals surface area (Å²) in [6.07, 6.45) is 5.67. The number of hydrogen-bond donors (Lipinski definition) is 1. The van der Waals surface area contributed by atoms with Gasteiger partial charge in [-0.05, 0) is 66.4 Å². The first-order chi connectivity index (χ1) is 15.2. The van der Waals surface area contributed by atoms with Crippen molar-refractivity contribution in [2.45, 2.75) is 25.3 Å². The quantitative estimate of drug-likeness (QED) is 0.534. The summed E-state index contributed by atoms with van der Waals surface area (Å²) in [4.78, 5) is 26.6. The molecule has 0 bridgehead atoms. The van der Waals surface area contributed by atoms with Crippen LogP contribution in [-0.2, 0) is 6.54 Å². The second-order valence-electron chi connectivity index (χ2n) is 8.13. The first-order valence-electron chi connectivity index (χ1n) is 10.6. The van der Waals surface area contributed by atoms with Crippen LogP contribution in [-0.4, -0.2) is 32.9 Å². The third kappa shape index (κ3) is 4.25. The van der Waals surface area contributed by atoms with Crippen molar-refractivity contribution < 1.29 is 4.39 Å². The number of halogens is 1. The highest BCUT2D eigenvalue weighted by atomic mass is 19.1. The number of benzene rings is 2. The zero-order valence-electron chi connectivity index (χ0n) is 17.1. The number of likely N-dealkylation sites (tertiary alicyclic amines) is 1. The first-order valence-corrected chi connectivity index (χ1v) is 10.6. The average Bonchev–Trinajstić information content (AvgIpc) is 2.80. The average molecular weight is 414 g/mol. The highest BCUT2D eigenvalue weighted by Crippen LogP contribution is 2.27. The second kappa shape index (κ2) is 8.40. The molecule has 156 valence electrons. The van der Waals surface area contributed by atoms with E-state index in [0.29, 0.717) is 16.7 Å². The van der Waals surface area contributed by atoms with E-state index in [9.17, 15) is 9.18 Å². The van der Waals surface area contributed by atoms with E-state index in [-0.39, 0.29) is 11.5 Å². The smallest absolute Gasteiger partial charge is 0.258 e. The van der Waals surface area contributed by atoms with Crippen LogP contribution in [0.1, 0.15) is 30.1 Å². The number of rotatable bonds is 4. The number of aromatic amines is 1. The molecule has 1 aliphatic rings. The lowest BCUT2D eigenvalue weighted by Gasteiger charge is -2.32. The molecule has 3 heterocycles. The monoisotopic (exact) mass is 414 g/mol. The Labute approximate surface area is 179 Å². The fourth-order valence-electron chi connectivity index (χ4n) is 4.39. The Hall–Kier alpha value is -3.38.